The minimum absolute atomic E-state index is 0.501. The summed E-state index contributed by atoms with van der Waals surface area (Å²) < 4.78 is 17.2. The SMILES string of the molecule is COCCOCCn1nnnc1-c1cc(N)cc(OC)c1. The number of rotatable bonds is 8. The molecular weight excluding hydrogens is 274 g/mol. The third-order valence-corrected chi connectivity index (χ3v) is 2.83. The van der Waals surface area contributed by atoms with Crippen LogP contribution in [0.15, 0.2) is 18.2 Å². The van der Waals surface area contributed by atoms with Crippen molar-refractivity contribution >= 4 is 5.69 Å². The average Bonchev–Trinajstić information content (AvgIpc) is 2.95. The second kappa shape index (κ2) is 7.55. The van der Waals surface area contributed by atoms with E-state index in [0.717, 1.165) is 5.56 Å². The first-order valence-electron chi connectivity index (χ1n) is 6.52. The van der Waals surface area contributed by atoms with E-state index in [9.17, 15) is 0 Å². The normalized spacial score (nSPS) is 10.8. The summed E-state index contributed by atoms with van der Waals surface area (Å²) in [5, 5.41) is 11.7. The van der Waals surface area contributed by atoms with E-state index < -0.39 is 0 Å². The Hall–Kier alpha value is -2.19. The first-order valence-corrected chi connectivity index (χ1v) is 6.52. The van der Waals surface area contributed by atoms with Crippen molar-refractivity contribution in [3.05, 3.63) is 18.2 Å². The topological polar surface area (TPSA) is 97.3 Å². The molecule has 0 unspecified atom stereocenters. The summed E-state index contributed by atoms with van der Waals surface area (Å²) in [4.78, 5) is 0. The zero-order valence-electron chi connectivity index (χ0n) is 12.2. The van der Waals surface area contributed by atoms with Crippen molar-refractivity contribution in [1.29, 1.82) is 0 Å². The van der Waals surface area contributed by atoms with E-state index in [0.29, 0.717) is 43.6 Å². The number of nitrogens with zero attached hydrogens (tertiary/aromatic N) is 4. The number of methoxy groups -OCH3 is 2. The molecular formula is C13H19N5O3. The Bertz CT molecular complexity index is 573. The summed E-state index contributed by atoms with van der Waals surface area (Å²) in [6.45, 7) is 2.15. The van der Waals surface area contributed by atoms with Crippen molar-refractivity contribution in [2.24, 2.45) is 0 Å². The molecule has 1 aromatic heterocycles. The lowest BCUT2D eigenvalue weighted by atomic mass is 10.2. The van der Waals surface area contributed by atoms with Gasteiger partial charge in [-0.15, -0.1) is 5.10 Å². The van der Waals surface area contributed by atoms with Gasteiger partial charge in [0.05, 0.1) is 33.5 Å². The van der Waals surface area contributed by atoms with Gasteiger partial charge in [-0.25, -0.2) is 4.68 Å². The monoisotopic (exact) mass is 293 g/mol. The third-order valence-electron chi connectivity index (χ3n) is 2.83. The van der Waals surface area contributed by atoms with Crippen LogP contribution < -0.4 is 10.5 Å². The van der Waals surface area contributed by atoms with Gasteiger partial charge in [-0.3, -0.25) is 0 Å². The van der Waals surface area contributed by atoms with Crippen molar-refractivity contribution in [3.63, 3.8) is 0 Å². The van der Waals surface area contributed by atoms with Crippen LogP contribution in [-0.2, 0) is 16.0 Å². The van der Waals surface area contributed by atoms with Gasteiger partial charge in [0, 0.05) is 24.4 Å². The summed E-state index contributed by atoms with van der Waals surface area (Å²) in [7, 11) is 3.22. The van der Waals surface area contributed by atoms with E-state index >= 15 is 0 Å². The molecule has 2 aromatic rings. The highest BCUT2D eigenvalue weighted by Gasteiger charge is 2.11. The standard InChI is InChI=1S/C13H19N5O3/c1-19-5-6-21-4-3-18-13(15-16-17-18)10-7-11(14)9-12(8-10)20-2/h7-9H,3-6,14H2,1-2H3. The second-order valence-electron chi connectivity index (χ2n) is 4.33. The van der Waals surface area contributed by atoms with Crippen molar-refractivity contribution in [2.75, 3.05) is 39.8 Å². The number of tetrazole rings is 1. The molecule has 0 radical (unpaired) electrons. The van der Waals surface area contributed by atoms with Gasteiger partial charge in [0.2, 0.25) is 0 Å². The molecule has 0 aliphatic heterocycles. The zero-order chi connectivity index (χ0) is 15.1. The minimum atomic E-state index is 0.501. The summed E-state index contributed by atoms with van der Waals surface area (Å²) >= 11 is 0. The van der Waals surface area contributed by atoms with Crippen LogP contribution in [0, 0.1) is 0 Å². The van der Waals surface area contributed by atoms with Crippen LogP contribution in [-0.4, -0.2) is 54.2 Å². The van der Waals surface area contributed by atoms with E-state index in [1.807, 2.05) is 6.07 Å². The first-order chi connectivity index (χ1) is 10.2. The van der Waals surface area contributed by atoms with Crippen LogP contribution in [0.2, 0.25) is 0 Å². The molecule has 0 bridgehead atoms. The van der Waals surface area contributed by atoms with Crippen molar-refractivity contribution in [2.45, 2.75) is 6.54 Å². The lowest BCUT2D eigenvalue weighted by Gasteiger charge is -2.08. The number of ether oxygens (including phenoxy) is 3. The maximum absolute atomic E-state index is 5.85. The van der Waals surface area contributed by atoms with Gasteiger partial charge in [-0.05, 0) is 22.6 Å². The molecule has 0 saturated carbocycles. The van der Waals surface area contributed by atoms with E-state index in [1.165, 1.54) is 0 Å². The first kappa shape index (κ1) is 15.2. The predicted octanol–water partition coefficient (Wildman–Crippen LogP) is 0.594. The Morgan fingerprint density at radius 2 is 2.00 bits per heavy atom. The van der Waals surface area contributed by atoms with E-state index in [1.54, 1.807) is 31.0 Å². The number of nitrogens with two attached hydrogens (primary N) is 1. The molecule has 21 heavy (non-hydrogen) atoms. The molecule has 8 heteroatoms. The Labute approximate surface area is 122 Å². The van der Waals surface area contributed by atoms with Crippen LogP contribution >= 0.6 is 0 Å². The van der Waals surface area contributed by atoms with Crippen molar-refractivity contribution < 1.29 is 14.2 Å². The number of hydrogen-bond donors (Lipinski definition) is 1. The molecule has 0 fully saturated rings. The molecule has 114 valence electrons. The summed E-state index contributed by atoms with van der Waals surface area (Å²) in [5.74, 6) is 1.28. The van der Waals surface area contributed by atoms with Crippen molar-refractivity contribution in [3.8, 4) is 17.1 Å². The van der Waals surface area contributed by atoms with Gasteiger partial charge in [0.15, 0.2) is 5.82 Å². The lowest BCUT2D eigenvalue weighted by Crippen LogP contribution is -2.11. The number of anilines is 1. The molecule has 2 N–H and O–H groups in total. The molecule has 1 aromatic carbocycles. The fourth-order valence-electron chi connectivity index (χ4n) is 1.83. The highest BCUT2D eigenvalue weighted by atomic mass is 16.5. The van der Waals surface area contributed by atoms with Gasteiger partial charge in [-0.2, -0.15) is 0 Å². The maximum Gasteiger partial charge on any atom is 0.182 e. The summed E-state index contributed by atoms with van der Waals surface area (Å²) in [6, 6.07) is 5.38. The van der Waals surface area contributed by atoms with Gasteiger partial charge in [0.25, 0.3) is 0 Å². The average molecular weight is 293 g/mol. The van der Waals surface area contributed by atoms with Crippen molar-refractivity contribution in [1.82, 2.24) is 20.2 Å². The molecule has 1 heterocycles. The maximum atomic E-state index is 5.85. The van der Waals surface area contributed by atoms with Crippen LogP contribution in [0.5, 0.6) is 5.75 Å². The van der Waals surface area contributed by atoms with E-state index in [4.69, 9.17) is 19.9 Å². The highest BCUT2D eigenvalue weighted by Crippen LogP contribution is 2.25. The Balaban J connectivity index is 2.07. The Morgan fingerprint density at radius 3 is 2.76 bits per heavy atom. The molecule has 0 aliphatic rings. The third kappa shape index (κ3) is 4.14. The Kier molecular flexibility index (Phi) is 5.47. The minimum Gasteiger partial charge on any atom is -0.497 e. The van der Waals surface area contributed by atoms with E-state index in [2.05, 4.69) is 15.5 Å². The molecule has 0 atom stereocenters. The van der Waals surface area contributed by atoms with Crippen LogP contribution in [0.1, 0.15) is 0 Å². The Morgan fingerprint density at radius 1 is 1.14 bits per heavy atom. The fourth-order valence-corrected chi connectivity index (χ4v) is 1.83. The summed E-state index contributed by atoms with van der Waals surface area (Å²) in [5.41, 5.74) is 7.24. The number of hydrogen-bond acceptors (Lipinski definition) is 7. The fraction of sp³-hybridized carbons (Fsp3) is 0.462. The molecule has 2 rings (SSSR count). The van der Waals surface area contributed by atoms with Gasteiger partial charge in [0.1, 0.15) is 5.75 Å². The lowest BCUT2D eigenvalue weighted by molar-refractivity contribution is 0.0654. The molecule has 0 aliphatic carbocycles. The van der Waals surface area contributed by atoms with E-state index in [-0.39, 0.29) is 0 Å². The molecule has 0 saturated heterocycles. The molecule has 8 nitrogen and oxygen atoms in total. The number of nitrogen functional groups attached to an aromatic ring is 1. The number of benzene rings is 1. The number of aromatic nitrogens is 4. The second-order valence-corrected chi connectivity index (χ2v) is 4.33. The highest BCUT2D eigenvalue weighted by molar-refractivity contribution is 5.64. The van der Waals surface area contributed by atoms with Gasteiger partial charge >= 0.3 is 0 Å². The molecule has 0 amide bonds. The van der Waals surface area contributed by atoms with Crippen LogP contribution in [0.4, 0.5) is 5.69 Å². The smallest absolute Gasteiger partial charge is 0.182 e. The van der Waals surface area contributed by atoms with Crippen LogP contribution in [0.3, 0.4) is 0 Å². The molecule has 0 spiro atoms. The predicted molar refractivity (Wildman–Crippen MR) is 76.9 cm³/mol. The van der Waals surface area contributed by atoms with Gasteiger partial charge in [-0.1, -0.05) is 0 Å². The quantitative estimate of drug-likeness (QED) is 0.562. The largest absolute Gasteiger partial charge is 0.497 e. The zero-order valence-corrected chi connectivity index (χ0v) is 12.2. The summed E-state index contributed by atoms with van der Waals surface area (Å²) in [6.07, 6.45) is 0. The van der Waals surface area contributed by atoms with Gasteiger partial charge < -0.3 is 19.9 Å². The van der Waals surface area contributed by atoms with Crippen LogP contribution in [0.25, 0.3) is 11.4 Å².